The van der Waals surface area contributed by atoms with Gasteiger partial charge in [0.2, 0.25) is 0 Å². The number of amides is 1. The number of likely N-dealkylation sites (N-methyl/N-ethyl adjacent to an activating group) is 1. The van der Waals surface area contributed by atoms with Gasteiger partial charge in [-0.1, -0.05) is 39.7 Å². The molecule has 2 aromatic carbocycles. The summed E-state index contributed by atoms with van der Waals surface area (Å²) in [6.45, 7) is 3.81. The monoisotopic (exact) mass is 387 g/mol. The fourth-order valence-corrected chi connectivity index (χ4v) is 3.62. The Morgan fingerprint density at radius 3 is 2.58 bits per heavy atom. The minimum Gasteiger partial charge on any atom is -0.375 e. The minimum atomic E-state index is -1.83. The highest BCUT2D eigenvalue weighted by Crippen LogP contribution is 2.43. The van der Waals surface area contributed by atoms with Crippen LogP contribution < -0.4 is 4.90 Å². The molecule has 0 spiro atoms. The molecule has 4 nitrogen and oxygen atoms in total. The van der Waals surface area contributed by atoms with Gasteiger partial charge in [0.15, 0.2) is 11.4 Å². The van der Waals surface area contributed by atoms with E-state index in [9.17, 15) is 14.7 Å². The van der Waals surface area contributed by atoms with Crippen LogP contribution in [0, 0.1) is 13.8 Å². The number of aryl methyl sites for hydroxylation is 2. The molecule has 124 valence electrons. The molecule has 0 aliphatic carbocycles. The summed E-state index contributed by atoms with van der Waals surface area (Å²) < 4.78 is 0.752. The van der Waals surface area contributed by atoms with Gasteiger partial charge in [-0.3, -0.25) is 9.59 Å². The number of nitrogens with zero attached hydrogens (tertiary/aromatic N) is 1. The molecule has 1 aliphatic rings. The van der Waals surface area contributed by atoms with Gasteiger partial charge in [0.1, 0.15) is 0 Å². The summed E-state index contributed by atoms with van der Waals surface area (Å²) in [4.78, 5) is 26.8. The lowest BCUT2D eigenvalue weighted by atomic mass is 9.87. The Hall–Kier alpha value is -1.98. The van der Waals surface area contributed by atoms with Crippen LogP contribution in [0.1, 0.15) is 33.5 Å². The maximum atomic E-state index is 12.7. The van der Waals surface area contributed by atoms with Gasteiger partial charge in [0, 0.05) is 22.6 Å². The first-order valence-electron chi connectivity index (χ1n) is 7.65. The lowest BCUT2D eigenvalue weighted by Gasteiger charge is -2.21. The van der Waals surface area contributed by atoms with Crippen molar-refractivity contribution in [2.75, 3.05) is 11.9 Å². The van der Waals surface area contributed by atoms with Crippen molar-refractivity contribution in [3.05, 3.63) is 63.1 Å². The van der Waals surface area contributed by atoms with Crippen LogP contribution in [0.5, 0.6) is 0 Å². The Bertz CT molecular complexity index is 862. The summed E-state index contributed by atoms with van der Waals surface area (Å²) in [5, 5.41) is 11.1. The van der Waals surface area contributed by atoms with E-state index < -0.39 is 11.5 Å². The molecule has 1 amide bonds. The number of carbonyl (C=O) groups excluding carboxylic acids is 2. The van der Waals surface area contributed by atoms with E-state index in [-0.39, 0.29) is 12.2 Å². The van der Waals surface area contributed by atoms with Crippen molar-refractivity contribution in [3.8, 4) is 0 Å². The number of anilines is 1. The van der Waals surface area contributed by atoms with Crippen LogP contribution in [0.2, 0.25) is 0 Å². The Morgan fingerprint density at radius 2 is 1.92 bits per heavy atom. The van der Waals surface area contributed by atoms with E-state index in [0.717, 1.165) is 15.6 Å². The Balaban J connectivity index is 2.01. The van der Waals surface area contributed by atoms with Gasteiger partial charge in [-0.25, -0.2) is 0 Å². The van der Waals surface area contributed by atoms with Crippen molar-refractivity contribution in [2.24, 2.45) is 0 Å². The Labute approximate surface area is 149 Å². The molecule has 0 bridgehead atoms. The summed E-state index contributed by atoms with van der Waals surface area (Å²) in [7, 11) is 1.61. The van der Waals surface area contributed by atoms with E-state index in [1.165, 1.54) is 4.90 Å². The number of carbonyl (C=O) groups is 2. The molecule has 0 saturated carbocycles. The van der Waals surface area contributed by atoms with E-state index >= 15 is 0 Å². The first-order chi connectivity index (χ1) is 11.2. The average molecular weight is 388 g/mol. The van der Waals surface area contributed by atoms with Gasteiger partial charge < -0.3 is 10.0 Å². The number of rotatable bonds is 3. The topological polar surface area (TPSA) is 57.6 Å². The molecule has 5 heteroatoms. The maximum Gasteiger partial charge on any atom is 0.263 e. The van der Waals surface area contributed by atoms with Gasteiger partial charge in [-0.05, 0) is 37.6 Å². The van der Waals surface area contributed by atoms with E-state index in [1.807, 2.05) is 26.0 Å². The molecular weight excluding hydrogens is 370 g/mol. The molecule has 0 unspecified atom stereocenters. The summed E-state index contributed by atoms with van der Waals surface area (Å²) in [6, 6.07) is 10.8. The highest BCUT2D eigenvalue weighted by Gasteiger charge is 2.49. The summed E-state index contributed by atoms with van der Waals surface area (Å²) >= 11 is 3.36. The summed E-state index contributed by atoms with van der Waals surface area (Å²) in [6.07, 6.45) is -0.274. The zero-order valence-corrected chi connectivity index (χ0v) is 15.3. The standard InChI is InChI=1S/C19H18BrNO3/c1-11-4-6-14(12(2)8-11)17(22)10-19(24)15-9-13(20)5-7-16(15)21(3)18(19)23/h4-9,24H,10H2,1-3H3/t19-/m0/s1. The zero-order valence-electron chi connectivity index (χ0n) is 13.8. The number of hydrogen-bond donors (Lipinski definition) is 1. The van der Waals surface area contributed by atoms with Crippen LogP contribution in [-0.2, 0) is 10.4 Å². The van der Waals surface area contributed by atoms with Crippen LogP contribution >= 0.6 is 15.9 Å². The predicted octanol–water partition coefficient (Wildman–Crippen LogP) is 3.50. The lowest BCUT2D eigenvalue weighted by molar-refractivity contribution is -0.135. The summed E-state index contributed by atoms with van der Waals surface area (Å²) in [5.41, 5.74) is 1.70. The third-order valence-corrected chi connectivity index (χ3v) is 5.02. The molecule has 1 N–H and O–H groups in total. The smallest absolute Gasteiger partial charge is 0.263 e. The number of Topliss-reactive ketones (excluding diaryl/α,β-unsaturated/α-hetero) is 1. The van der Waals surface area contributed by atoms with Crippen molar-refractivity contribution in [2.45, 2.75) is 25.9 Å². The van der Waals surface area contributed by atoms with E-state index in [1.54, 1.807) is 31.3 Å². The molecule has 0 aromatic heterocycles. The second-order valence-corrected chi connectivity index (χ2v) is 7.22. The molecule has 3 rings (SSSR count). The Kier molecular flexibility index (Phi) is 4.10. The number of aliphatic hydroxyl groups is 1. The third kappa shape index (κ3) is 2.58. The molecule has 0 fully saturated rings. The van der Waals surface area contributed by atoms with Crippen molar-refractivity contribution in [1.29, 1.82) is 0 Å². The van der Waals surface area contributed by atoms with Gasteiger partial charge in [-0.2, -0.15) is 0 Å². The van der Waals surface area contributed by atoms with Crippen molar-refractivity contribution >= 4 is 33.3 Å². The molecule has 1 aliphatic heterocycles. The number of fused-ring (bicyclic) bond motifs is 1. The van der Waals surface area contributed by atoms with E-state index in [4.69, 9.17) is 0 Å². The van der Waals surface area contributed by atoms with Gasteiger partial charge in [0.05, 0.1) is 12.1 Å². The second-order valence-electron chi connectivity index (χ2n) is 6.30. The maximum absolute atomic E-state index is 12.7. The molecule has 0 radical (unpaired) electrons. The van der Waals surface area contributed by atoms with E-state index in [0.29, 0.717) is 16.8 Å². The number of ketones is 1. The highest BCUT2D eigenvalue weighted by atomic mass is 79.9. The van der Waals surface area contributed by atoms with Gasteiger partial charge in [-0.15, -0.1) is 0 Å². The van der Waals surface area contributed by atoms with Crippen LogP contribution in [0.3, 0.4) is 0 Å². The second kappa shape index (κ2) is 5.83. The van der Waals surface area contributed by atoms with Crippen LogP contribution in [0.4, 0.5) is 5.69 Å². The fourth-order valence-electron chi connectivity index (χ4n) is 3.26. The normalized spacial score (nSPS) is 19.5. The molecule has 1 atom stereocenters. The molecular formula is C19H18BrNO3. The molecule has 2 aromatic rings. The molecule has 1 heterocycles. The third-order valence-electron chi connectivity index (χ3n) is 4.52. The first kappa shape index (κ1) is 16.9. The van der Waals surface area contributed by atoms with Crippen molar-refractivity contribution < 1.29 is 14.7 Å². The quantitative estimate of drug-likeness (QED) is 0.819. The zero-order chi connectivity index (χ0) is 17.6. The van der Waals surface area contributed by atoms with Crippen LogP contribution in [-0.4, -0.2) is 23.8 Å². The number of halogens is 1. The van der Waals surface area contributed by atoms with Crippen molar-refractivity contribution in [3.63, 3.8) is 0 Å². The van der Waals surface area contributed by atoms with Crippen LogP contribution in [0.15, 0.2) is 40.9 Å². The highest BCUT2D eigenvalue weighted by molar-refractivity contribution is 9.10. The predicted molar refractivity (Wildman–Crippen MR) is 96.3 cm³/mol. The fraction of sp³-hybridized carbons (Fsp3) is 0.263. The minimum absolute atomic E-state index is 0.246. The SMILES string of the molecule is Cc1ccc(C(=O)C[C@@]2(O)C(=O)N(C)c3ccc(Br)cc32)c(C)c1. The summed E-state index contributed by atoms with van der Waals surface area (Å²) in [5.74, 6) is -0.724. The average Bonchev–Trinajstić information content (AvgIpc) is 2.69. The first-order valence-corrected chi connectivity index (χ1v) is 8.44. The number of hydrogen-bond acceptors (Lipinski definition) is 3. The van der Waals surface area contributed by atoms with Crippen LogP contribution in [0.25, 0.3) is 0 Å². The largest absolute Gasteiger partial charge is 0.375 e. The van der Waals surface area contributed by atoms with Crippen molar-refractivity contribution in [1.82, 2.24) is 0 Å². The Morgan fingerprint density at radius 1 is 1.21 bits per heavy atom. The lowest BCUT2D eigenvalue weighted by Crippen LogP contribution is -2.40. The molecule has 0 saturated heterocycles. The van der Waals surface area contributed by atoms with E-state index in [2.05, 4.69) is 15.9 Å². The number of benzene rings is 2. The molecule has 24 heavy (non-hydrogen) atoms. The van der Waals surface area contributed by atoms with Gasteiger partial charge in [0.25, 0.3) is 5.91 Å². The van der Waals surface area contributed by atoms with Gasteiger partial charge >= 0.3 is 0 Å².